The first-order valence-electron chi connectivity index (χ1n) is 11.2. The summed E-state index contributed by atoms with van der Waals surface area (Å²) in [4.78, 5) is 33.4. The first kappa shape index (κ1) is 26.6. The summed E-state index contributed by atoms with van der Waals surface area (Å²) in [7, 11) is 0. The molecule has 0 rings (SSSR count). The summed E-state index contributed by atoms with van der Waals surface area (Å²) in [5.41, 5.74) is 5.34. The van der Waals surface area contributed by atoms with E-state index in [0.29, 0.717) is 6.42 Å². The van der Waals surface area contributed by atoms with Gasteiger partial charge in [0.2, 0.25) is 0 Å². The first-order valence-corrected chi connectivity index (χ1v) is 11.2. The molecule has 0 aromatic rings. The number of carbonyl (C=O) groups excluding carboxylic acids is 2. The molecule has 6 heteroatoms. The number of carboxylic acid groups (broad SMARTS) is 1. The van der Waals surface area contributed by atoms with Gasteiger partial charge in [0.25, 0.3) is 0 Å². The number of carbonyl (C=O) groups is 3. The molecule has 1 unspecified atom stereocenters. The number of hydrogen-bond donors (Lipinski definition) is 2. The Kier molecular flexibility index (Phi) is 17.9. The Balaban J connectivity index is 3.35. The lowest BCUT2D eigenvalue weighted by Gasteiger charge is -2.08. The van der Waals surface area contributed by atoms with Crippen molar-refractivity contribution in [3.05, 3.63) is 0 Å². The maximum Gasteiger partial charge on any atom is 0.331 e. The topological polar surface area (TPSA) is 107 Å². The fourth-order valence-corrected chi connectivity index (χ4v) is 3.15. The van der Waals surface area contributed by atoms with Crippen molar-refractivity contribution >= 4 is 17.9 Å². The average molecular weight is 400 g/mol. The van der Waals surface area contributed by atoms with Crippen molar-refractivity contribution < 1.29 is 24.2 Å². The van der Waals surface area contributed by atoms with Crippen LogP contribution in [0.2, 0.25) is 0 Å². The first-order chi connectivity index (χ1) is 13.5. The van der Waals surface area contributed by atoms with E-state index in [4.69, 9.17) is 10.8 Å². The normalized spacial score (nSPS) is 11.9. The van der Waals surface area contributed by atoms with Crippen LogP contribution < -0.4 is 5.73 Å². The molecule has 6 nitrogen and oxygen atoms in total. The fraction of sp³-hybridized carbons (Fsp3) is 0.864. The van der Waals surface area contributed by atoms with Gasteiger partial charge in [0.1, 0.15) is 6.04 Å². The molecule has 0 bridgehead atoms. The molecule has 0 aliphatic carbocycles. The van der Waals surface area contributed by atoms with Gasteiger partial charge in [-0.25, -0.2) is 4.79 Å². The summed E-state index contributed by atoms with van der Waals surface area (Å²) in [5.74, 6) is -2.78. The molecule has 0 radical (unpaired) electrons. The highest BCUT2D eigenvalue weighted by atomic mass is 16.6. The summed E-state index contributed by atoms with van der Waals surface area (Å²) in [5, 5.41) is 8.55. The molecule has 0 aliphatic heterocycles. The number of nitrogens with two attached hydrogens (primary N) is 1. The van der Waals surface area contributed by atoms with Crippen LogP contribution in [-0.4, -0.2) is 29.1 Å². The lowest BCUT2D eigenvalue weighted by Crippen LogP contribution is -2.35. The average Bonchev–Trinajstić information content (AvgIpc) is 2.64. The molecule has 0 spiro atoms. The van der Waals surface area contributed by atoms with Crippen LogP contribution in [0.3, 0.4) is 0 Å². The SMILES string of the molecule is CCCCCCCCCCCCCCCCCC(=O)OC(=O)C(N)CC(=O)O. The maximum atomic E-state index is 11.5. The lowest BCUT2D eigenvalue weighted by atomic mass is 10.0. The van der Waals surface area contributed by atoms with Gasteiger partial charge in [-0.2, -0.15) is 0 Å². The standard InChI is InChI=1S/C22H41NO5/c1-2-3-4-5-6-7-8-9-10-11-12-13-14-15-16-17-21(26)28-22(27)19(23)18-20(24)25/h19H,2-18,23H2,1H3,(H,24,25). The summed E-state index contributed by atoms with van der Waals surface area (Å²) in [6.45, 7) is 2.25. The lowest BCUT2D eigenvalue weighted by molar-refractivity contribution is -0.162. The molecule has 0 aromatic heterocycles. The minimum absolute atomic E-state index is 0.170. The van der Waals surface area contributed by atoms with Gasteiger partial charge in [-0.1, -0.05) is 96.8 Å². The van der Waals surface area contributed by atoms with Gasteiger partial charge in [0, 0.05) is 6.42 Å². The molecule has 28 heavy (non-hydrogen) atoms. The Morgan fingerprint density at radius 3 is 1.54 bits per heavy atom. The largest absolute Gasteiger partial charge is 0.481 e. The maximum absolute atomic E-state index is 11.5. The van der Waals surface area contributed by atoms with Crippen LogP contribution in [0.15, 0.2) is 0 Å². The predicted octanol–water partition coefficient (Wildman–Crippen LogP) is 5.12. The number of esters is 2. The van der Waals surface area contributed by atoms with Crippen molar-refractivity contribution in [3.8, 4) is 0 Å². The quantitative estimate of drug-likeness (QED) is 0.177. The van der Waals surface area contributed by atoms with Crippen molar-refractivity contribution in [2.45, 2.75) is 122 Å². The van der Waals surface area contributed by atoms with Crippen LogP contribution in [0.1, 0.15) is 116 Å². The molecular formula is C22H41NO5. The number of rotatable bonds is 19. The fourth-order valence-electron chi connectivity index (χ4n) is 3.15. The van der Waals surface area contributed by atoms with Crippen molar-refractivity contribution in [1.29, 1.82) is 0 Å². The minimum Gasteiger partial charge on any atom is -0.481 e. The van der Waals surface area contributed by atoms with Gasteiger partial charge in [-0.15, -0.1) is 0 Å². The van der Waals surface area contributed by atoms with Gasteiger partial charge in [0.05, 0.1) is 6.42 Å². The molecule has 0 amide bonds. The van der Waals surface area contributed by atoms with Crippen molar-refractivity contribution in [2.24, 2.45) is 5.73 Å². The molecule has 1 atom stereocenters. The van der Waals surface area contributed by atoms with E-state index in [1.54, 1.807) is 0 Å². The second kappa shape index (κ2) is 18.9. The summed E-state index contributed by atoms with van der Waals surface area (Å²) >= 11 is 0. The molecule has 164 valence electrons. The third-order valence-electron chi connectivity index (χ3n) is 4.90. The molecule has 0 saturated carbocycles. The number of hydrogen-bond acceptors (Lipinski definition) is 5. The van der Waals surface area contributed by atoms with E-state index in [-0.39, 0.29) is 6.42 Å². The number of aliphatic carboxylic acids is 1. The number of carboxylic acids is 1. The van der Waals surface area contributed by atoms with Crippen molar-refractivity contribution in [3.63, 3.8) is 0 Å². The van der Waals surface area contributed by atoms with E-state index < -0.39 is 30.4 Å². The zero-order valence-corrected chi connectivity index (χ0v) is 17.8. The van der Waals surface area contributed by atoms with E-state index in [1.807, 2.05) is 0 Å². The molecule has 3 N–H and O–H groups in total. The predicted molar refractivity (Wildman–Crippen MR) is 111 cm³/mol. The minimum atomic E-state index is -1.29. The van der Waals surface area contributed by atoms with E-state index in [2.05, 4.69) is 11.7 Å². The van der Waals surface area contributed by atoms with Crippen molar-refractivity contribution in [1.82, 2.24) is 0 Å². The molecule has 0 fully saturated rings. The molecule has 0 heterocycles. The molecule has 0 aliphatic rings. The third kappa shape index (κ3) is 18.0. The van der Waals surface area contributed by atoms with E-state index >= 15 is 0 Å². The van der Waals surface area contributed by atoms with Crippen LogP contribution in [0.25, 0.3) is 0 Å². The summed E-state index contributed by atoms with van der Waals surface area (Å²) in [6, 6.07) is -1.29. The van der Waals surface area contributed by atoms with Crippen LogP contribution in [0, 0.1) is 0 Å². The highest BCUT2D eigenvalue weighted by Gasteiger charge is 2.21. The van der Waals surface area contributed by atoms with E-state index in [0.717, 1.165) is 12.8 Å². The highest BCUT2D eigenvalue weighted by molar-refractivity contribution is 5.90. The molecule has 0 aromatic carbocycles. The van der Waals surface area contributed by atoms with Crippen LogP contribution in [0.4, 0.5) is 0 Å². The third-order valence-corrected chi connectivity index (χ3v) is 4.90. The highest BCUT2D eigenvalue weighted by Crippen LogP contribution is 2.13. The van der Waals surface area contributed by atoms with Crippen molar-refractivity contribution in [2.75, 3.05) is 0 Å². The zero-order chi connectivity index (χ0) is 21.0. The monoisotopic (exact) mass is 399 g/mol. The number of unbranched alkanes of at least 4 members (excludes halogenated alkanes) is 14. The van der Waals surface area contributed by atoms with Gasteiger partial charge in [0.15, 0.2) is 0 Å². The summed E-state index contributed by atoms with van der Waals surface area (Å²) in [6.07, 6.45) is 18.3. The Labute approximate surface area is 170 Å². The van der Waals surface area contributed by atoms with Gasteiger partial charge >= 0.3 is 17.9 Å². The Morgan fingerprint density at radius 2 is 1.14 bits per heavy atom. The second-order valence-electron chi connectivity index (χ2n) is 7.70. The van der Waals surface area contributed by atoms with Crippen LogP contribution in [-0.2, 0) is 19.1 Å². The van der Waals surface area contributed by atoms with Crippen LogP contribution in [0.5, 0.6) is 0 Å². The zero-order valence-electron chi connectivity index (χ0n) is 17.8. The van der Waals surface area contributed by atoms with Gasteiger partial charge < -0.3 is 15.6 Å². The van der Waals surface area contributed by atoms with E-state index in [9.17, 15) is 14.4 Å². The summed E-state index contributed by atoms with van der Waals surface area (Å²) < 4.78 is 4.57. The molecule has 0 saturated heterocycles. The second-order valence-corrected chi connectivity index (χ2v) is 7.70. The Bertz CT molecular complexity index is 425. The van der Waals surface area contributed by atoms with Gasteiger partial charge in [-0.05, 0) is 6.42 Å². The molecular weight excluding hydrogens is 358 g/mol. The van der Waals surface area contributed by atoms with Gasteiger partial charge in [-0.3, -0.25) is 9.59 Å². The Hall–Kier alpha value is -1.43. The number of ether oxygens (including phenoxy) is 1. The van der Waals surface area contributed by atoms with E-state index in [1.165, 1.54) is 77.0 Å². The Morgan fingerprint density at radius 1 is 0.750 bits per heavy atom. The van der Waals surface area contributed by atoms with Crippen LogP contribution >= 0.6 is 0 Å². The smallest absolute Gasteiger partial charge is 0.331 e.